The normalized spacial score (nSPS) is 23.6. The van der Waals surface area contributed by atoms with Gasteiger partial charge in [-0.1, -0.05) is 6.92 Å². The van der Waals surface area contributed by atoms with E-state index in [1.807, 2.05) is 6.92 Å². The van der Waals surface area contributed by atoms with Gasteiger partial charge in [-0.25, -0.2) is 0 Å². The van der Waals surface area contributed by atoms with Crippen molar-refractivity contribution in [1.82, 2.24) is 20.6 Å². The van der Waals surface area contributed by atoms with Crippen LogP contribution in [0.5, 0.6) is 0 Å². The summed E-state index contributed by atoms with van der Waals surface area (Å²) in [6.07, 6.45) is 4.46. The Kier molecular flexibility index (Phi) is 3.68. The van der Waals surface area contributed by atoms with E-state index in [-0.39, 0.29) is 11.9 Å². The average Bonchev–Trinajstić information content (AvgIpc) is 2.74. The van der Waals surface area contributed by atoms with Gasteiger partial charge in [-0.15, -0.1) is 0 Å². The van der Waals surface area contributed by atoms with E-state index in [9.17, 15) is 4.79 Å². The summed E-state index contributed by atoms with van der Waals surface area (Å²) in [7, 11) is 0. The standard InChI is InChI=1S/C12H18N4O/c1-8-3-4-13-11(8)12(17)16-7-10-6-14-9(2)5-15-10/h5-6,8,11,13H,3-4,7H2,1-2H3,(H,16,17). The molecular formula is C12H18N4O. The molecule has 0 radical (unpaired) electrons. The Morgan fingerprint density at radius 1 is 1.53 bits per heavy atom. The van der Waals surface area contributed by atoms with Crippen molar-refractivity contribution in [3.05, 3.63) is 23.8 Å². The summed E-state index contributed by atoms with van der Waals surface area (Å²) >= 11 is 0. The van der Waals surface area contributed by atoms with Crippen LogP contribution in [0.25, 0.3) is 0 Å². The van der Waals surface area contributed by atoms with Crippen LogP contribution in [0.3, 0.4) is 0 Å². The van der Waals surface area contributed by atoms with Crippen LogP contribution in [0.2, 0.25) is 0 Å². The van der Waals surface area contributed by atoms with E-state index in [0.717, 1.165) is 24.4 Å². The number of amides is 1. The summed E-state index contributed by atoms with van der Waals surface area (Å²) < 4.78 is 0. The summed E-state index contributed by atoms with van der Waals surface area (Å²) in [6.45, 7) is 5.34. The van der Waals surface area contributed by atoms with Crippen molar-refractivity contribution >= 4 is 5.91 Å². The van der Waals surface area contributed by atoms with Gasteiger partial charge in [0.1, 0.15) is 0 Å². The maximum atomic E-state index is 11.9. The minimum Gasteiger partial charge on any atom is -0.349 e. The van der Waals surface area contributed by atoms with E-state index < -0.39 is 0 Å². The number of carbonyl (C=O) groups is 1. The molecule has 1 aromatic heterocycles. The number of nitrogens with zero attached hydrogens (tertiary/aromatic N) is 2. The molecule has 5 nitrogen and oxygen atoms in total. The van der Waals surface area contributed by atoms with Crippen LogP contribution in [0.15, 0.2) is 12.4 Å². The summed E-state index contributed by atoms with van der Waals surface area (Å²) in [4.78, 5) is 20.2. The van der Waals surface area contributed by atoms with Crippen molar-refractivity contribution in [2.45, 2.75) is 32.9 Å². The van der Waals surface area contributed by atoms with Gasteiger partial charge in [0.05, 0.1) is 30.2 Å². The maximum Gasteiger partial charge on any atom is 0.237 e. The van der Waals surface area contributed by atoms with Gasteiger partial charge in [0.2, 0.25) is 5.91 Å². The van der Waals surface area contributed by atoms with Crippen LogP contribution in [-0.4, -0.2) is 28.5 Å². The van der Waals surface area contributed by atoms with Gasteiger partial charge >= 0.3 is 0 Å². The first-order valence-corrected chi connectivity index (χ1v) is 5.95. The molecule has 0 saturated carbocycles. The molecule has 17 heavy (non-hydrogen) atoms. The number of rotatable bonds is 3. The Morgan fingerprint density at radius 2 is 2.35 bits per heavy atom. The van der Waals surface area contributed by atoms with Gasteiger partial charge < -0.3 is 10.6 Å². The lowest BCUT2D eigenvalue weighted by Crippen LogP contribution is -2.43. The molecule has 0 spiro atoms. The molecule has 5 heteroatoms. The van der Waals surface area contributed by atoms with Crippen LogP contribution >= 0.6 is 0 Å². The Labute approximate surface area is 101 Å². The number of hydrogen-bond donors (Lipinski definition) is 2. The highest BCUT2D eigenvalue weighted by atomic mass is 16.2. The van der Waals surface area contributed by atoms with Crippen LogP contribution in [0.1, 0.15) is 24.7 Å². The second kappa shape index (κ2) is 5.23. The smallest absolute Gasteiger partial charge is 0.237 e. The Morgan fingerprint density at radius 3 is 2.94 bits per heavy atom. The zero-order valence-electron chi connectivity index (χ0n) is 10.2. The largest absolute Gasteiger partial charge is 0.349 e. The molecule has 0 aromatic carbocycles. The van der Waals surface area contributed by atoms with Crippen LogP contribution in [-0.2, 0) is 11.3 Å². The topological polar surface area (TPSA) is 66.9 Å². The molecule has 1 fully saturated rings. The molecular weight excluding hydrogens is 216 g/mol. The first kappa shape index (κ1) is 12.0. The molecule has 0 aliphatic carbocycles. The molecule has 1 saturated heterocycles. The molecule has 2 unspecified atom stereocenters. The lowest BCUT2D eigenvalue weighted by molar-refractivity contribution is -0.123. The fourth-order valence-corrected chi connectivity index (χ4v) is 1.98. The second-order valence-corrected chi connectivity index (χ2v) is 4.56. The fraction of sp³-hybridized carbons (Fsp3) is 0.583. The molecule has 2 atom stereocenters. The predicted molar refractivity (Wildman–Crippen MR) is 64.2 cm³/mol. The van der Waals surface area contributed by atoms with Crippen LogP contribution in [0, 0.1) is 12.8 Å². The molecule has 92 valence electrons. The van der Waals surface area contributed by atoms with E-state index in [0.29, 0.717) is 12.5 Å². The molecule has 1 aromatic rings. The average molecular weight is 234 g/mol. The van der Waals surface area contributed by atoms with E-state index in [4.69, 9.17) is 0 Å². The number of carbonyl (C=O) groups excluding carboxylic acids is 1. The molecule has 1 aliphatic heterocycles. The minimum absolute atomic E-state index is 0.0531. The number of aromatic nitrogens is 2. The number of hydrogen-bond acceptors (Lipinski definition) is 4. The quantitative estimate of drug-likeness (QED) is 0.794. The minimum atomic E-state index is -0.0617. The Hall–Kier alpha value is -1.49. The van der Waals surface area contributed by atoms with Crippen molar-refractivity contribution in [3.63, 3.8) is 0 Å². The highest BCUT2D eigenvalue weighted by Crippen LogP contribution is 2.14. The summed E-state index contributed by atoms with van der Waals surface area (Å²) in [6, 6.07) is -0.0617. The highest BCUT2D eigenvalue weighted by molar-refractivity contribution is 5.82. The number of aryl methyl sites for hydroxylation is 1. The first-order chi connectivity index (χ1) is 8.16. The third-order valence-electron chi connectivity index (χ3n) is 3.09. The predicted octanol–water partition coefficient (Wildman–Crippen LogP) is 0.399. The molecule has 1 amide bonds. The van der Waals surface area contributed by atoms with Gasteiger partial charge in [-0.3, -0.25) is 14.8 Å². The highest BCUT2D eigenvalue weighted by Gasteiger charge is 2.28. The Bertz CT molecular complexity index is 390. The lowest BCUT2D eigenvalue weighted by Gasteiger charge is -2.15. The third kappa shape index (κ3) is 3.00. The van der Waals surface area contributed by atoms with Gasteiger partial charge in [-0.05, 0) is 25.8 Å². The third-order valence-corrected chi connectivity index (χ3v) is 3.09. The van der Waals surface area contributed by atoms with Gasteiger partial charge in [-0.2, -0.15) is 0 Å². The summed E-state index contributed by atoms with van der Waals surface area (Å²) in [5, 5.41) is 6.09. The molecule has 0 bridgehead atoms. The zero-order chi connectivity index (χ0) is 12.3. The molecule has 2 rings (SSSR count). The monoisotopic (exact) mass is 234 g/mol. The van der Waals surface area contributed by atoms with E-state index in [1.54, 1.807) is 12.4 Å². The van der Waals surface area contributed by atoms with E-state index in [2.05, 4.69) is 27.5 Å². The zero-order valence-corrected chi connectivity index (χ0v) is 10.2. The van der Waals surface area contributed by atoms with Gasteiger partial charge in [0.15, 0.2) is 0 Å². The molecule has 1 aliphatic rings. The molecule has 2 N–H and O–H groups in total. The number of nitrogens with one attached hydrogen (secondary N) is 2. The maximum absolute atomic E-state index is 11.9. The second-order valence-electron chi connectivity index (χ2n) is 4.56. The van der Waals surface area contributed by atoms with E-state index >= 15 is 0 Å². The van der Waals surface area contributed by atoms with E-state index in [1.165, 1.54) is 0 Å². The van der Waals surface area contributed by atoms with Gasteiger partial charge in [0, 0.05) is 6.20 Å². The van der Waals surface area contributed by atoms with Crippen molar-refractivity contribution in [2.75, 3.05) is 6.54 Å². The molecule has 2 heterocycles. The lowest BCUT2D eigenvalue weighted by atomic mass is 10.0. The summed E-state index contributed by atoms with van der Waals surface area (Å²) in [5.74, 6) is 0.455. The van der Waals surface area contributed by atoms with Gasteiger partial charge in [0.25, 0.3) is 0 Å². The Balaban J connectivity index is 1.85. The van der Waals surface area contributed by atoms with Crippen molar-refractivity contribution in [1.29, 1.82) is 0 Å². The fourth-order valence-electron chi connectivity index (χ4n) is 1.98. The van der Waals surface area contributed by atoms with Crippen LogP contribution in [0.4, 0.5) is 0 Å². The first-order valence-electron chi connectivity index (χ1n) is 5.95. The SMILES string of the molecule is Cc1cnc(CNC(=O)C2NCCC2C)cn1. The van der Waals surface area contributed by atoms with Crippen molar-refractivity contribution in [2.24, 2.45) is 5.92 Å². The van der Waals surface area contributed by atoms with Crippen LogP contribution < -0.4 is 10.6 Å². The van der Waals surface area contributed by atoms with Crippen molar-refractivity contribution in [3.8, 4) is 0 Å². The van der Waals surface area contributed by atoms with Crippen molar-refractivity contribution < 1.29 is 4.79 Å². The summed E-state index contributed by atoms with van der Waals surface area (Å²) in [5.41, 5.74) is 1.67.